The van der Waals surface area contributed by atoms with Crippen LogP contribution in [0, 0.1) is 0 Å². The van der Waals surface area contributed by atoms with E-state index in [1.807, 2.05) is 6.07 Å². The van der Waals surface area contributed by atoms with Crippen LogP contribution in [-0.2, 0) is 4.79 Å². The van der Waals surface area contributed by atoms with Crippen LogP contribution in [0.1, 0.15) is 27.6 Å². The summed E-state index contributed by atoms with van der Waals surface area (Å²) in [6.45, 7) is 1.34. The van der Waals surface area contributed by atoms with Crippen molar-refractivity contribution in [3.05, 3.63) is 107 Å². The smallest absolute Gasteiger partial charge is 0.220 e. The minimum absolute atomic E-state index is 0.0263. The first-order chi connectivity index (χ1) is 16.0. The van der Waals surface area contributed by atoms with E-state index in [-0.39, 0.29) is 16.4 Å². The van der Waals surface area contributed by atoms with Crippen LogP contribution in [0.2, 0.25) is 0 Å². The van der Waals surface area contributed by atoms with E-state index in [9.17, 15) is 14.4 Å². The van der Waals surface area contributed by atoms with Crippen molar-refractivity contribution in [2.24, 2.45) is 5.10 Å². The second-order valence-corrected chi connectivity index (χ2v) is 8.12. The SMILES string of the molecule is COc1ccc(N2N=C(C(=O)c3ccccc3)S/C2=C(/C(C)=O)C(=O)c2ccccc2)cc1. The molecule has 0 saturated carbocycles. The number of ketones is 3. The van der Waals surface area contributed by atoms with Gasteiger partial charge in [0.2, 0.25) is 5.78 Å². The van der Waals surface area contributed by atoms with Gasteiger partial charge in [-0.15, -0.1) is 0 Å². The molecule has 4 rings (SSSR count). The first-order valence-corrected chi connectivity index (χ1v) is 11.0. The quantitative estimate of drug-likeness (QED) is 0.212. The maximum atomic E-state index is 13.3. The number of hydrazone groups is 1. The van der Waals surface area contributed by atoms with Gasteiger partial charge in [-0.1, -0.05) is 60.7 Å². The van der Waals surface area contributed by atoms with Gasteiger partial charge < -0.3 is 4.74 Å². The lowest BCUT2D eigenvalue weighted by atomic mass is 10.0. The molecule has 0 unspecified atom stereocenters. The number of rotatable bonds is 7. The average Bonchev–Trinajstić information content (AvgIpc) is 3.29. The van der Waals surface area contributed by atoms with Crippen LogP contribution in [0.4, 0.5) is 5.69 Å². The Balaban J connectivity index is 1.84. The van der Waals surface area contributed by atoms with Crippen LogP contribution < -0.4 is 9.75 Å². The molecule has 0 saturated heterocycles. The minimum Gasteiger partial charge on any atom is -0.497 e. The molecule has 1 aliphatic rings. The van der Waals surface area contributed by atoms with Crippen molar-refractivity contribution in [2.75, 3.05) is 12.1 Å². The number of nitrogens with zero attached hydrogens (tertiary/aromatic N) is 2. The summed E-state index contributed by atoms with van der Waals surface area (Å²) in [4.78, 5) is 39.1. The molecule has 0 amide bonds. The fourth-order valence-corrected chi connectivity index (χ4v) is 4.38. The number of benzene rings is 3. The number of methoxy groups -OCH3 is 1. The van der Waals surface area contributed by atoms with Crippen molar-refractivity contribution in [2.45, 2.75) is 6.92 Å². The summed E-state index contributed by atoms with van der Waals surface area (Å²) in [6.07, 6.45) is 0. The monoisotopic (exact) mass is 456 g/mol. The number of carbonyl (C=O) groups is 3. The molecule has 0 fully saturated rings. The molecule has 0 aromatic heterocycles. The predicted octanol–water partition coefficient (Wildman–Crippen LogP) is 5.13. The zero-order valence-corrected chi connectivity index (χ0v) is 18.8. The van der Waals surface area contributed by atoms with Gasteiger partial charge in [0, 0.05) is 11.1 Å². The van der Waals surface area contributed by atoms with Gasteiger partial charge in [-0.05, 0) is 43.0 Å². The Labute approximate surface area is 195 Å². The zero-order valence-electron chi connectivity index (χ0n) is 18.0. The van der Waals surface area contributed by atoms with Crippen LogP contribution in [0.3, 0.4) is 0 Å². The van der Waals surface area contributed by atoms with E-state index in [0.717, 1.165) is 11.8 Å². The molecule has 0 spiro atoms. The van der Waals surface area contributed by atoms with E-state index in [1.165, 1.54) is 11.9 Å². The van der Waals surface area contributed by atoms with Crippen molar-refractivity contribution in [1.82, 2.24) is 0 Å². The Morgan fingerprint density at radius 2 is 1.39 bits per heavy atom. The standard InChI is InChI=1S/C26H20N2O4S/c1-17(29)22(23(30)18-9-5-3-6-10-18)26-28(20-13-15-21(32-2)16-14-20)27-25(33-26)24(31)19-11-7-4-8-12-19/h3-16H,1-2H3/b26-22-. The molecular formula is C26H20N2O4S. The fraction of sp³-hybridized carbons (Fsp3) is 0.0769. The van der Waals surface area contributed by atoms with E-state index in [1.54, 1.807) is 86.0 Å². The maximum absolute atomic E-state index is 13.3. The molecule has 0 N–H and O–H groups in total. The van der Waals surface area contributed by atoms with Crippen LogP contribution in [-0.4, -0.2) is 29.5 Å². The summed E-state index contributed by atoms with van der Waals surface area (Å²) in [5.74, 6) is -0.474. The second-order valence-electron chi connectivity index (χ2n) is 7.14. The molecule has 3 aromatic carbocycles. The molecule has 33 heavy (non-hydrogen) atoms. The van der Waals surface area contributed by atoms with Gasteiger partial charge in [0.1, 0.15) is 10.8 Å². The Morgan fingerprint density at radius 3 is 1.94 bits per heavy atom. The summed E-state index contributed by atoms with van der Waals surface area (Å²) in [6, 6.07) is 24.3. The number of anilines is 1. The van der Waals surface area contributed by atoms with Crippen LogP contribution in [0.5, 0.6) is 5.75 Å². The summed E-state index contributed by atoms with van der Waals surface area (Å²) in [5, 5.41) is 6.45. The van der Waals surface area contributed by atoms with Crippen LogP contribution >= 0.6 is 11.8 Å². The predicted molar refractivity (Wildman–Crippen MR) is 130 cm³/mol. The number of ether oxygens (including phenoxy) is 1. The van der Waals surface area contributed by atoms with Crippen molar-refractivity contribution in [3.63, 3.8) is 0 Å². The van der Waals surface area contributed by atoms with E-state index in [2.05, 4.69) is 5.10 Å². The topological polar surface area (TPSA) is 76.0 Å². The minimum atomic E-state index is -0.423. The zero-order chi connectivity index (χ0) is 23.4. The fourth-order valence-electron chi connectivity index (χ4n) is 3.29. The molecule has 0 atom stereocenters. The first-order valence-electron chi connectivity index (χ1n) is 10.1. The van der Waals surface area contributed by atoms with Gasteiger partial charge >= 0.3 is 0 Å². The lowest BCUT2D eigenvalue weighted by molar-refractivity contribution is -0.113. The molecule has 1 heterocycles. The normalized spacial score (nSPS) is 14.5. The third-order valence-electron chi connectivity index (χ3n) is 4.95. The third-order valence-corrected chi connectivity index (χ3v) is 5.98. The highest BCUT2D eigenvalue weighted by molar-refractivity contribution is 8.19. The Kier molecular flexibility index (Phi) is 6.51. The molecule has 164 valence electrons. The lowest BCUT2D eigenvalue weighted by Crippen LogP contribution is -2.19. The van der Waals surface area contributed by atoms with Crippen molar-refractivity contribution in [1.29, 1.82) is 0 Å². The first kappa shape index (κ1) is 22.2. The lowest BCUT2D eigenvalue weighted by Gasteiger charge is -2.18. The molecule has 0 aliphatic carbocycles. The van der Waals surface area contributed by atoms with Crippen LogP contribution in [0.15, 0.2) is 101 Å². The maximum Gasteiger partial charge on any atom is 0.220 e. The summed E-state index contributed by atoms with van der Waals surface area (Å²) >= 11 is 1.02. The van der Waals surface area contributed by atoms with Gasteiger partial charge in [-0.2, -0.15) is 5.10 Å². The molecule has 7 heteroatoms. The molecule has 6 nitrogen and oxygen atoms in total. The Hall–Kier alpha value is -3.97. The van der Waals surface area contributed by atoms with Crippen molar-refractivity contribution < 1.29 is 19.1 Å². The molecule has 0 radical (unpaired) electrons. The Bertz CT molecular complexity index is 1270. The van der Waals surface area contributed by atoms with Crippen molar-refractivity contribution >= 4 is 39.8 Å². The second kappa shape index (κ2) is 9.67. The number of Topliss-reactive ketones (excluding diaryl/α,β-unsaturated/α-hetero) is 3. The van der Waals surface area contributed by atoms with Crippen molar-refractivity contribution in [3.8, 4) is 5.75 Å². The molecule has 3 aromatic rings. The van der Waals surface area contributed by atoms with E-state index < -0.39 is 11.6 Å². The largest absolute Gasteiger partial charge is 0.497 e. The Morgan fingerprint density at radius 1 is 0.818 bits per heavy atom. The van der Waals surface area contributed by atoms with E-state index in [4.69, 9.17) is 4.74 Å². The highest BCUT2D eigenvalue weighted by Gasteiger charge is 2.34. The van der Waals surface area contributed by atoms with E-state index >= 15 is 0 Å². The summed E-state index contributed by atoms with van der Waals surface area (Å²) in [5.41, 5.74) is 1.42. The summed E-state index contributed by atoms with van der Waals surface area (Å²) < 4.78 is 5.22. The van der Waals surface area contributed by atoms with Gasteiger partial charge in [0.25, 0.3) is 0 Å². The third kappa shape index (κ3) is 4.63. The highest BCUT2D eigenvalue weighted by Crippen LogP contribution is 2.39. The molecule has 1 aliphatic heterocycles. The molecule has 0 bridgehead atoms. The van der Waals surface area contributed by atoms with E-state index in [0.29, 0.717) is 27.6 Å². The van der Waals surface area contributed by atoms with Gasteiger partial charge in [0.15, 0.2) is 16.6 Å². The number of hydrogen-bond donors (Lipinski definition) is 0. The molecular weight excluding hydrogens is 436 g/mol. The van der Waals surface area contributed by atoms with Gasteiger partial charge in [-0.25, -0.2) is 5.01 Å². The van der Waals surface area contributed by atoms with Crippen LogP contribution in [0.25, 0.3) is 0 Å². The number of hydrogen-bond acceptors (Lipinski definition) is 7. The number of allylic oxidation sites excluding steroid dienone is 1. The summed E-state index contributed by atoms with van der Waals surface area (Å²) in [7, 11) is 1.56. The van der Waals surface area contributed by atoms with Gasteiger partial charge in [-0.3, -0.25) is 14.4 Å². The number of carbonyl (C=O) groups excluding carboxylic acids is 3. The highest BCUT2D eigenvalue weighted by atomic mass is 32.2. The average molecular weight is 457 g/mol. The van der Waals surface area contributed by atoms with Gasteiger partial charge in [0.05, 0.1) is 18.4 Å². The number of thioether (sulfide) groups is 1.